The van der Waals surface area contributed by atoms with Gasteiger partial charge in [-0.05, 0) is 37.2 Å². The van der Waals surface area contributed by atoms with Crippen LogP contribution < -0.4 is 10.6 Å². The molecule has 2 heterocycles. The number of halogens is 2. The number of pyridine rings is 1. The minimum Gasteiger partial charge on any atom is -0.352 e. The van der Waals surface area contributed by atoms with Gasteiger partial charge in [0.2, 0.25) is 5.91 Å². The SMILES string of the molecule is NC1C2CCC(C2)C1C(=O)N1CCN(c2ncc(Cl)cc2Cl)CC1. The minimum absolute atomic E-state index is 0.0348. The summed E-state index contributed by atoms with van der Waals surface area (Å²) in [6.07, 6.45) is 5.11. The Morgan fingerprint density at radius 1 is 1.17 bits per heavy atom. The van der Waals surface area contributed by atoms with Crippen LogP contribution in [0, 0.1) is 17.8 Å². The number of fused-ring (bicyclic) bond motifs is 2. The van der Waals surface area contributed by atoms with Gasteiger partial charge in [-0.3, -0.25) is 4.79 Å². The van der Waals surface area contributed by atoms with Gasteiger partial charge in [0.25, 0.3) is 0 Å². The molecule has 0 radical (unpaired) electrons. The molecule has 2 bridgehead atoms. The number of anilines is 1. The zero-order valence-corrected chi connectivity index (χ0v) is 15.0. The van der Waals surface area contributed by atoms with Gasteiger partial charge in [-0.15, -0.1) is 0 Å². The normalized spacial score (nSPS) is 32.5. The maximum Gasteiger partial charge on any atom is 0.227 e. The molecule has 3 fully saturated rings. The molecule has 5 nitrogen and oxygen atoms in total. The number of aromatic nitrogens is 1. The highest BCUT2D eigenvalue weighted by atomic mass is 35.5. The fraction of sp³-hybridized carbons (Fsp3) is 0.647. The van der Waals surface area contributed by atoms with Crippen molar-refractivity contribution in [1.29, 1.82) is 0 Å². The molecule has 4 atom stereocenters. The van der Waals surface area contributed by atoms with E-state index in [1.165, 1.54) is 12.8 Å². The average Bonchev–Trinajstić information content (AvgIpc) is 3.16. The first-order chi connectivity index (χ1) is 11.5. The Kier molecular flexibility index (Phi) is 4.35. The summed E-state index contributed by atoms with van der Waals surface area (Å²) in [5.74, 6) is 2.09. The molecule has 3 aliphatic rings. The summed E-state index contributed by atoms with van der Waals surface area (Å²) in [5, 5.41) is 1.08. The maximum absolute atomic E-state index is 12.9. The van der Waals surface area contributed by atoms with Gasteiger partial charge < -0.3 is 15.5 Å². The van der Waals surface area contributed by atoms with Crippen molar-refractivity contribution >= 4 is 34.9 Å². The van der Waals surface area contributed by atoms with E-state index in [9.17, 15) is 4.79 Å². The quantitative estimate of drug-likeness (QED) is 0.870. The van der Waals surface area contributed by atoms with Crippen LogP contribution in [0.5, 0.6) is 0 Å². The molecule has 1 saturated heterocycles. The van der Waals surface area contributed by atoms with Gasteiger partial charge >= 0.3 is 0 Å². The van der Waals surface area contributed by atoms with Crippen molar-refractivity contribution in [1.82, 2.24) is 9.88 Å². The lowest BCUT2D eigenvalue weighted by molar-refractivity contribution is -0.138. The zero-order chi connectivity index (χ0) is 16.8. The van der Waals surface area contributed by atoms with Crippen molar-refractivity contribution in [2.45, 2.75) is 25.3 Å². The maximum atomic E-state index is 12.9. The Bertz CT molecular complexity index is 645. The first-order valence-electron chi connectivity index (χ1n) is 8.65. The number of carbonyl (C=O) groups is 1. The summed E-state index contributed by atoms with van der Waals surface area (Å²) >= 11 is 12.1. The van der Waals surface area contributed by atoms with E-state index in [-0.39, 0.29) is 17.9 Å². The van der Waals surface area contributed by atoms with Crippen molar-refractivity contribution in [3.05, 3.63) is 22.3 Å². The summed E-state index contributed by atoms with van der Waals surface area (Å²) in [7, 11) is 0. The van der Waals surface area contributed by atoms with E-state index in [0.29, 0.717) is 35.0 Å². The highest BCUT2D eigenvalue weighted by Crippen LogP contribution is 2.48. The average molecular weight is 369 g/mol. The Hall–Kier alpha value is -1.04. The van der Waals surface area contributed by atoms with E-state index in [0.717, 1.165) is 25.3 Å². The summed E-state index contributed by atoms with van der Waals surface area (Å²) in [4.78, 5) is 21.3. The number of piperazine rings is 1. The Labute approximate surface area is 152 Å². The molecular weight excluding hydrogens is 347 g/mol. The topological polar surface area (TPSA) is 62.5 Å². The zero-order valence-electron chi connectivity index (χ0n) is 13.5. The smallest absolute Gasteiger partial charge is 0.227 e. The number of carbonyl (C=O) groups excluding carboxylic acids is 1. The fourth-order valence-electron chi connectivity index (χ4n) is 4.69. The van der Waals surface area contributed by atoms with Gasteiger partial charge in [0.05, 0.1) is 16.0 Å². The molecule has 7 heteroatoms. The largest absolute Gasteiger partial charge is 0.352 e. The Morgan fingerprint density at radius 2 is 1.88 bits per heavy atom. The van der Waals surface area contributed by atoms with E-state index in [1.54, 1.807) is 12.3 Å². The Balaban J connectivity index is 1.40. The van der Waals surface area contributed by atoms with Crippen LogP contribution in [-0.4, -0.2) is 48.0 Å². The van der Waals surface area contributed by atoms with Crippen molar-refractivity contribution in [2.75, 3.05) is 31.1 Å². The third-order valence-electron chi connectivity index (χ3n) is 5.95. The van der Waals surface area contributed by atoms with Crippen molar-refractivity contribution < 1.29 is 4.79 Å². The van der Waals surface area contributed by atoms with Crippen LogP contribution in [-0.2, 0) is 4.79 Å². The third-order valence-corrected chi connectivity index (χ3v) is 6.43. The summed E-state index contributed by atoms with van der Waals surface area (Å²) in [6.45, 7) is 2.85. The van der Waals surface area contributed by atoms with Crippen LogP contribution >= 0.6 is 23.2 Å². The molecule has 4 unspecified atom stereocenters. The van der Waals surface area contributed by atoms with Crippen LogP contribution in [0.4, 0.5) is 5.82 Å². The highest BCUT2D eigenvalue weighted by molar-refractivity contribution is 6.36. The molecule has 0 aromatic carbocycles. The minimum atomic E-state index is 0.0348. The van der Waals surface area contributed by atoms with E-state index < -0.39 is 0 Å². The van der Waals surface area contributed by atoms with Crippen LogP contribution in [0.2, 0.25) is 10.0 Å². The predicted molar refractivity (Wildman–Crippen MR) is 95.3 cm³/mol. The van der Waals surface area contributed by atoms with Crippen LogP contribution in [0.25, 0.3) is 0 Å². The molecule has 1 aromatic rings. The van der Waals surface area contributed by atoms with Crippen LogP contribution in [0.1, 0.15) is 19.3 Å². The second kappa shape index (κ2) is 6.36. The molecule has 0 spiro atoms. The van der Waals surface area contributed by atoms with Crippen molar-refractivity contribution in [3.63, 3.8) is 0 Å². The summed E-state index contributed by atoms with van der Waals surface area (Å²) < 4.78 is 0. The van der Waals surface area contributed by atoms with Crippen LogP contribution in [0.15, 0.2) is 12.3 Å². The van der Waals surface area contributed by atoms with Gasteiger partial charge in [0.15, 0.2) is 0 Å². The molecule has 130 valence electrons. The second-order valence-electron chi connectivity index (χ2n) is 7.21. The van der Waals surface area contributed by atoms with Crippen molar-refractivity contribution in [3.8, 4) is 0 Å². The van der Waals surface area contributed by atoms with Gasteiger partial charge in [0.1, 0.15) is 5.82 Å². The number of hydrogen-bond donors (Lipinski definition) is 1. The fourth-order valence-corrected chi connectivity index (χ4v) is 5.19. The highest BCUT2D eigenvalue weighted by Gasteiger charge is 2.50. The number of rotatable bonds is 2. The number of hydrogen-bond acceptors (Lipinski definition) is 4. The number of nitrogens with two attached hydrogens (primary N) is 1. The molecule has 2 aliphatic carbocycles. The first-order valence-corrected chi connectivity index (χ1v) is 9.40. The lowest BCUT2D eigenvalue weighted by Gasteiger charge is -2.39. The number of nitrogens with zero attached hydrogens (tertiary/aromatic N) is 3. The summed E-state index contributed by atoms with van der Waals surface area (Å²) in [6, 6.07) is 1.76. The monoisotopic (exact) mass is 368 g/mol. The van der Waals surface area contributed by atoms with E-state index in [2.05, 4.69) is 9.88 Å². The van der Waals surface area contributed by atoms with Gasteiger partial charge in [-0.1, -0.05) is 23.2 Å². The molecule has 2 N–H and O–H groups in total. The summed E-state index contributed by atoms with van der Waals surface area (Å²) in [5.41, 5.74) is 6.33. The van der Waals surface area contributed by atoms with Gasteiger partial charge in [-0.2, -0.15) is 0 Å². The second-order valence-corrected chi connectivity index (χ2v) is 8.05. The standard InChI is InChI=1S/C17H22Cl2N4O/c18-12-8-13(19)16(21-9-12)22-3-5-23(6-4-22)17(24)14-10-1-2-11(7-10)15(14)20/h8-11,14-15H,1-7,20H2. The first kappa shape index (κ1) is 16.4. The molecule has 4 rings (SSSR count). The van der Waals surface area contributed by atoms with Gasteiger partial charge in [0, 0.05) is 38.4 Å². The van der Waals surface area contributed by atoms with E-state index >= 15 is 0 Å². The molecule has 1 amide bonds. The number of amides is 1. The van der Waals surface area contributed by atoms with Gasteiger partial charge in [-0.25, -0.2) is 4.98 Å². The molecule has 2 saturated carbocycles. The molecular formula is C17H22Cl2N4O. The lowest BCUT2D eigenvalue weighted by atomic mass is 9.84. The van der Waals surface area contributed by atoms with Crippen molar-refractivity contribution in [2.24, 2.45) is 23.5 Å². The Morgan fingerprint density at radius 3 is 2.50 bits per heavy atom. The third kappa shape index (κ3) is 2.76. The van der Waals surface area contributed by atoms with E-state index in [4.69, 9.17) is 28.9 Å². The van der Waals surface area contributed by atoms with Crippen LogP contribution in [0.3, 0.4) is 0 Å². The van der Waals surface area contributed by atoms with E-state index in [1.807, 2.05) is 4.90 Å². The lowest BCUT2D eigenvalue weighted by Crippen LogP contribution is -2.54. The molecule has 24 heavy (non-hydrogen) atoms. The molecule has 1 aliphatic heterocycles. The molecule has 1 aromatic heterocycles. The predicted octanol–water partition coefficient (Wildman–Crippen LogP) is 2.41.